The van der Waals surface area contributed by atoms with Crippen molar-refractivity contribution in [2.45, 2.75) is 5.41 Å². The third kappa shape index (κ3) is 5.51. The van der Waals surface area contributed by atoms with E-state index in [-0.39, 0.29) is 0 Å². The molecule has 0 amide bonds. The number of fused-ring (bicyclic) bond motifs is 14. The highest BCUT2D eigenvalue weighted by atomic mass is 15.2. The molecule has 2 aliphatic carbocycles. The van der Waals surface area contributed by atoms with Gasteiger partial charge in [0.1, 0.15) is 0 Å². The Hall–Kier alpha value is -8.72. The summed E-state index contributed by atoms with van der Waals surface area (Å²) in [5.41, 5.74) is 16.5. The molecule has 1 atom stereocenters. The second-order valence-electron chi connectivity index (χ2n) is 18.0. The molecule has 67 heavy (non-hydrogen) atoms. The molecule has 0 aromatic heterocycles. The third-order valence-electron chi connectivity index (χ3n) is 14.6. The van der Waals surface area contributed by atoms with E-state index in [0.717, 1.165) is 34.1 Å². The van der Waals surface area contributed by atoms with Crippen LogP contribution in [0.5, 0.6) is 0 Å². The van der Waals surface area contributed by atoms with E-state index in [1.54, 1.807) is 0 Å². The maximum Gasteiger partial charge on any atom is 0.0727 e. The summed E-state index contributed by atoms with van der Waals surface area (Å²) >= 11 is 0. The molecule has 12 aromatic carbocycles. The Kier molecular flexibility index (Phi) is 8.23. The van der Waals surface area contributed by atoms with Gasteiger partial charge in [0.05, 0.1) is 22.5 Å². The van der Waals surface area contributed by atoms with Gasteiger partial charge in [0.15, 0.2) is 0 Å². The fourth-order valence-electron chi connectivity index (χ4n) is 11.8. The lowest BCUT2D eigenvalue weighted by Crippen LogP contribution is -2.26. The lowest BCUT2D eigenvalue weighted by Gasteiger charge is -2.33. The third-order valence-corrected chi connectivity index (χ3v) is 14.6. The molecule has 0 saturated carbocycles. The Bertz CT molecular complexity index is 3890. The maximum absolute atomic E-state index is 2.52. The van der Waals surface area contributed by atoms with E-state index in [2.05, 4.69) is 265 Å². The van der Waals surface area contributed by atoms with Crippen molar-refractivity contribution in [2.75, 3.05) is 9.80 Å². The summed E-state index contributed by atoms with van der Waals surface area (Å²) in [6.45, 7) is 0. The maximum atomic E-state index is 2.52. The smallest absolute Gasteiger partial charge is 0.0727 e. The van der Waals surface area contributed by atoms with Gasteiger partial charge in [-0.05, 0) is 126 Å². The molecule has 2 heteroatoms. The van der Waals surface area contributed by atoms with E-state index in [4.69, 9.17) is 0 Å². The van der Waals surface area contributed by atoms with Crippen LogP contribution in [0.2, 0.25) is 0 Å². The minimum Gasteiger partial charge on any atom is -0.310 e. The average Bonchev–Trinajstić information content (AvgIpc) is 3.87. The van der Waals surface area contributed by atoms with Crippen molar-refractivity contribution in [2.24, 2.45) is 0 Å². The fourth-order valence-corrected chi connectivity index (χ4v) is 11.8. The van der Waals surface area contributed by atoms with Crippen LogP contribution in [0.1, 0.15) is 22.3 Å². The van der Waals surface area contributed by atoms with Crippen molar-refractivity contribution in [3.8, 4) is 22.3 Å². The minimum absolute atomic E-state index is 0.587. The molecule has 0 fully saturated rings. The molecular weight excluding hydrogens is 809 g/mol. The molecule has 0 heterocycles. The molecular formula is C65H42N2. The first-order chi connectivity index (χ1) is 33.2. The van der Waals surface area contributed by atoms with Crippen molar-refractivity contribution in [1.82, 2.24) is 0 Å². The zero-order chi connectivity index (χ0) is 44.1. The number of rotatable bonds is 6. The van der Waals surface area contributed by atoms with E-state index in [9.17, 15) is 0 Å². The molecule has 0 radical (unpaired) electrons. The van der Waals surface area contributed by atoms with E-state index >= 15 is 0 Å². The van der Waals surface area contributed by atoms with Crippen molar-refractivity contribution >= 4 is 77.2 Å². The topological polar surface area (TPSA) is 6.48 Å². The Balaban J connectivity index is 1.06. The molecule has 1 unspecified atom stereocenters. The van der Waals surface area contributed by atoms with Gasteiger partial charge in [0.25, 0.3) is 0 Å². The Morgan fingerprint density at radius 1 is 0.239 bits per heavy atom. The molecule has 12 aromatic rings. The summed E-state index contributed by atoms with van der Waals surface area (Å²) in [5, 5.41) is 9.73. The summed E-state index contributed by atoms with van der Waals surface area (Å²) in [7, 11) is 0. The first-order valence-corrected chi connectivity index (χ1v) is 23.3. The number of hydrogen-bond donors (Lipinski definition) is 0. The van der Waals surface area contributed by atoms with Gasteiger partial charge in [-0.15, -0.1) is 0 Å². The number of benzene rings is 12. The van der Waals surface area contributed by atoms with Crippen LogP contribution in [0.15, 0.2) is 255 Å². The second-order valence-corrected chi connectivity index (χ2v) is 18.0. The molecule has 14 rings (SSSR count). The standard InChI is InChI=1S/C65H42N2/c1-4-20-47-40-50(37-34-43(47)16-1)66(51-38-35-44-17-2-5-21-48(44)41-51)61-32-14-29-58-63(61)54-25-9-11-27-56(54)65(58)57-28-12-10-26-55(57)64-59(65)30-15-33-62(64)67(52-39-36-45-18-3-6-22-49(45)42-52)60-31-13-23-46-19-7-8-24-53(46)60/h1-42H. The highest BCUT2D eigenvalue weighted by Gasteiger charge is 2.53. The Morgan fingerprint density at radius 3 is 1.12 bits per heavy atom. The number of hydrogen-bond acceptors (Lipinski definition) is 2. The van der Waals surface area contributed by atoms with Crippen LogP contribution in [0.25, 0.3) is 65.3 Å². The molecule has 312 valence electrons. The Morgan fingerprint density at radius 2 is 0.597 bits per heavy atom. The summed E-state index contributed by atoms with van der Waals surface area (Å²) in [5.74, 6) is 0. The lowest BCUT2D eigenvalue weighted by atomic mass is 9.70. The molecule has 0 bridgehead atoms. The number of anilines is 6. The van der Waals surface area contributed by atoms with Crippen LogP contribution in [-0.4, -0.2) is 0 Å². The molecule has 2 aliphatic rings. The van der Waals surface area contributed by atoms with Gasteiger partial charge >= 0.3 is 0 Å². The van der Waals surface area contributed by atoms with E-state index in [1.165, 1.54) is 87.6 Å². The van der Waals surface area contributed by atoms with Crippen LogP contribution in [0.3, 0.4) is 0 Å². The SMILES string of the molecule is c1ccc2c(c1)-c1c(N(c3ccc4ccccc4c3)c3ccc4ccccc4c3)cccc1C21c2ccccc2-c2c(N(c3ccc4ccccc4c3)c3cccc4ccccc34)cccc21. The van der Waals surface area contributed by atoms with Gasteiger partial charge in [-0.2, -0.15) is 0 Å². The van der Waals surface area contributed by atoms with Gasteiger partial charge in [0.2, 0.25) is 0 Å². The van der Waals surface area contributed by atoms with Crippen LogP contribution < -0.4 is 9.80 Å². The highest BCUT2D eigenvalue weighted by molar-refractivity contribution is 6.07. The normalized spacial score (nSPS) is 14.3. The van der Waals surface area contributed by atoms with E-state index < -0.39 is 5.41 Å². The summed E-state index contributed by atoms with van der Waals surface area (Å²) < 4.78 is 0. The van der Waals surface area contributed by atoms with Crippen LogP contribution in [0.4, 0.5) is 34.1 Å². The van der Waals surface area contributed by atoms with Gasteiger partial charge in [-0.1, -0.05) is 200 Å². The van der Waals surface area contributed by atoms with Gasteiger partial charge < -0.3 is 9.80 Å². The van der Waals surface area contributed by atoms with Crippen LogP contribution in [-0.2, 0) is 5.41 Å². The quantitative estimate of drug-likeness (QED) is 0.164. The van der Waals surface area contributed by atoms with Crippen molar-refractivity contribution in [3.63, 3.8) is 0 Å². The zero-order valence-electron chi connectivity index (χ0n) is 36.6. The van der Waals surface area contributed by atoms with Crippen LogP contribution >= 0.6 is 0 Å². The average molecular weight is 851 g/mol. The fraction of sp³-hybridized carbons (Fsp3) is 0.0154. The van der Waals surface area contributed by atoms with Crippen molar-refractivity contribution in [3.05, 3.63) is 277 Å². The summed E-state index contributed by atoms with van der Waals surface area (Å²) in [6, 6.07) is 94.7. The zero-order valence-corrected chi connectivity index (χ0v) is 36.6. The molecule has 2 nitrogen and oxygen atoms in total. The molecule has 0 saturated heterocycles. The molecule has 0 N–H and O–H groups in total. The van der Waals surface area contributed by atoms with Gasteiger partial charge in [0, 0.05) is 33.6 Å². The molecule has 0 aliphatic heterocycles. The van der Waals surface area contributed by atoms with Gasteiger partial charge in [-0.25, -0.2) is 0 Å². The van der Waals surface area contributed by atoms with E-state index in [1.807, 2.05) is 0 Å². The van der Waals surface area contributed by atoms with Gasteiger partial charge in [-0.3, -0.25) is 0 Å². The predicted molar refractivity (Wildman–Crippen MR) is 282 cm³/mol. The Labute approximate surface area is 389 Å². The minimum atomic E-state index is -0.587. The van der Waals surface area contributed by atoms with Crippen LogP contribution in [0, 0.1) is 0 Å². The first-order valence-electron chi connectivity index (χ1n) is 23.3. The summed E-state index contributed by atoms with van der Waals surface area (Å²) in [6.07, 6.45) is 0. The highest BCUT2D eigenvalue weighted by Crippen LogP contribution is 2.66. The van der Waals surface area contributed by atoms with Crippen molar-refractivity contribution < 1.29 is 0 Å². The first kappa shape index (κ1) is 37.6. The van der Waals surface area contributed by atoms with Crippen molar-refractivity contribution in [1.29, 1.82) is 0 Å². The number of nitrogens with zero attached hydrogens (tertiary/aromatic N) is 2. The lowest BCUT2D eigenvalue weighted by molar-refractivity contribution is 0.793. The van der Waals surface area contributed by atoms with E-state index in [0.29, 0.717) is 0 Å². The second kappa shape index (κ2) is 14.7. The monoisotopic (exact) mass is 850 g/mol. The largest absolute Gasteiger partial charge is 0.310 e. The molecule has 1 spiro atoms. The predicted octanol–water partition coefficient (Wildman–Crippen LogP) is 17.6. The summed E-state index contributed by atoms with van der Waals surface area (Å²) in [4.78, 5) is 5.01.